The fourth-order valence-electron chi connectivity index (χ4n) is 1.44. The third kappa shape index (κ3) is 3.16. The summed E-state index contributed by atoms with van der Waals surface area (Å²) in [6, 6.07) is 0. The molecule has 2 aromatic rings. The quantitative estimate of drug-likeness (QED) is 0.654. The molecule has 0 aliphatic heterocycles. The van der Waals surface area contributed by atoms with Crippen molar-refractivity contribution in [2.45, 2.75) is 32.4 Å². The van der Waals surface area contributed by atoms with Gasteiger partial charge in [-0.1, -0.05) is 0 Å². The first-order chi connectivity index (χ1) is 7.45. The highest BCUT2D eigenvalue weighted by atomic mass is 15.2. The van der Waals surface area contributed by atoms with Crippen LogP contribution in [-0.4, -0.2) is 29.5 Å². The Morgan fingerprint density at radius 3 is 1.40 bits per heavy atom. The maximum Gasteiger partial charge on any atom is 0.119 e. The van der Waals surface area contributed by atoms with E-state index in [1.165, 1.54) is 6.42 Å². The van der Waals surface area contributed by atoms with Gasteiger partial charge >= 0.3 is 0 Å². The fourth-order valence-corrected chi connectivity index (χ4v) is 1.44. The monoisotopic (exact) mass is 206 g/mol. The van der Waals surface area contributed by atoms with Gasteiger partial charge in [-0.3, -0.25) is 0 Å². The predicted octanol–water partition coefficient (Wildman–Crippen LogP) is 0.740. The zero-order valence-electron chi connectivity index (χ0n) is 8.53. The van der Waals surface area contributed by atoms with Crippen molar-refractivity contribution in [2.75, 3.05) is 0 Å². The van der Waals surface area contributed by atoms with Gasteiger partial charge in [-0.25, -0.2) is 0 Å². The van der Waals surface area contributed by atoms with Gasteiger partial charge in [0.15, 0.2) is 0 Å². The molecule has 0 saturated heterocycles. The Kier molecular flexibility index (Phi) is 3.43. The lowest BCUT2D eigenvalue weighted by Gasteiger charge is -2.02. The summed E-state index contributed by atoms with van der Waals surface area (Å²) in [4.78, 5) is 0. The average Bonchev–Trinajstić information content (AvgIpc) is 2.88. The maximum atomic E-state index is 3.75. The lowest BCUT2D eigenvalue weighted by molar-refractivity contribution is 0.544. The lowest BCUT2D eigenvalue weighted by Crippen LogP contribution is -1.97. The summed E-state index contributed by atoms with van der Waals surface area (Å²) in [7, 11) is 0. The summed E-state index contributed by atoms with van der Waals surface area (Å²) < 4.78 is 4.00. The van der Waals surface area contributed by atoms with E-state index in [0.29, 0.717) is 0 Å². The van der Waals surface area contributed by atoms with Crippen LogP contribution in [0.1, 0.15) is 19.3 Å². The minimum absolute atomic E-state index is 0.995. The molecule has 0 aromatic carbocycles. The molecule has 0 spiro atoms. The molecule has 0 fully saturated rings. The van der Waals surface area contributed by atoms with E-state index >= 15 is 0 Å². The molecule has 0 bridgehead atoms. The Balaban J connectivity index is 1.56. The second kappa shape index (κ2) is 5.23. The minimum atomic E-state index is 0.995. The normalized spacial score (nSPS) is 10.7. The fraction of sp³-hybridized carbons (Fsp3) is 0.556. The number of rotatable bonds is 6. The summed E-state index contributed by atoms with van der Waals surface area (Å²) in [6.07, 6.45) is 10.5. The molecule has 2 heterocycles. The second-order valence-electron chi connectivity index (χ2n) is 3.46. The van der Waals surface area contributed by atoms with Crippen molar-refractivity contribution in [3.8, 4) is 0 Å². The van der Waals surface area contributed by atoms with E-state index in [1.54, 1.807) is 25.3 Å². The molecule has 0 saturated carbocycles. The molecule has 2 rings (SSSR count). The van der Waals surface area contributed by atoms with E-state index in [1.807, 2.05) is 9.13 Å². The van der Waals surface area contributed by atoms with Crippen LogP contribution >= 0.6 is 0 Å². The zero-order chi connectivity index (χ0) is 10.3. The summed E-state index contributed by atoms with van der Waals surface area (Å²) in [5.41, 5.74) is 0. The van der Waals surface area contributed by atoms with E-state index in [2.05, 4.69) is 20.4 Å². The zero-order valence-corrected chi connectivity index (χ0v) is 8.53. The van der Waals surface area contributed by atoms with E-state index in [9.17, 15) is 0 Å². The van der Waals surface area contributed by atoms with Crippen molar-refractivity contribution in [2.24, 2.45) is 0 Å². The number of hydrogen-bond acceptors (Lipinski definition) is 4. The van der Waals surface area contributed by atoms with Crippen molar-refractivity contribution < 1.29 is 0 Å². The molecular weight excluding hydrogens is 192 g/mol. The van der Waals surface area contributed by atoms with Gasteiger partial charge in [0.1, 0.15) is 25.3 Å². The molecule has 2 aromatic heterocycles. The van der Waals surface area contributed by atoms with Crippen LogP contribution in [0.2, 0.25) is 0 Å². The van der Waals surface area contributed by atoms with Crippen molar-refractivity contribution in [3.05, 3.63) is 25.3 Å². The van der Waals surface area contributed by atoms with Gasteiger partial charge in [-0.05, 0) is 19.3 Å². The number of unbranched alkanes of at least 4 members (excludes halogenated alkanes) is 2. The molecule has 0 N–H and O–H groups in total. The van der Waals surface area contributed by atoms with E-state index in [0.717, 1.165) is 25.9 Å². The molecule has 6 heteroatoms. The van der Waals surface area contributed by atoms with Gasteiger partial charge in [0.05, 0.1) is 0 Å². The van der Waals surface area contributed by atoms with Crippen LogP contribution in [0, 0.1) is 0 Å². The molecule has 0 aliphatic carbocycles. The third-order valence-corrected chi connectivity index (χ3v) is 2.27. The highest BCUT2D eigenvalue weighted by molar-refractivity contribution is 4.62. The highest BCUT2D eigenvalue weighted by Gasteiger charge is 1.93. The van der Waals surface area contributed by atoms with Gasteiger partial charge in [0, 0.05) is 13.1 Å². The average molecular weight is 206 g/mol. The smallest absolute Gasteiger partial charge is 0.119 e. The molecular formula is C9H14N6. The van der Waals surface area contributed by atoms with Crippen LogP contribution in [0.25, 0.3) is 0 Å². The van der Waals surface area contributed by atoms with Gasteiger partial charge in [0.2, 0.25) is 0 Å². The van der Waals surface area contributed by atoms with Crippen LogP contribution in [0.15, 0.2) is 25.3 Å². The Labute approximate surface area is 88.0 Å². The number of hydrogen-bond donors (Lipinski definition) is 0. The van der Waals surface area contributed by atoms with Gasteiger partial charge < -0.3 is 9.13 Å². The third-order valence-electron chi connectivity index (χ3n) is 2.27. The summed E-state index contributed by atoms with van der Waals surface area (Å²) in [5.74, 6) is 0. The van der Waals surface area contributed by atoms with Crippen molar-refractivity contribution in [1.82, 2.24) is 29.5 Å². The Morgan fingerprint density at radius 1 is 0.600 bits per heavy atom. The van der Waals surface area contributed by atoms with Crippen LogP contribution in [0.5, 0.6) is 0 Å². The van der Waals surface area contributed by atoms with Crippen LogP contribution < -0.4 is 0 Å². The topological polar surface area (TPSA) is 61.4 Å². The van der Waals surface area contributed by atoms with Crippen molar-refractivity contribution in [1.29, 1.82) is 0 Å². The summed E-state index contributed by atoms with van der Waals surface area (Å²) >= 11 is 0. The Bertz CT molecular complexity index is 316. The van der Waals surface area contributed by atoms with E-state index in [-0.39, 0.29) is 0 Å². The molecule has 0 atom stereocenters. The predicted molar refractivity (Wildman–Crippen MR) is 53.9 cm³/mol. The lowest BCUT2D eigenvalue weighted by atomic mass is 10.2. The molecule has 0 amide bonds. The van der Waals surface area contributed by atoms with Gasteiger partial charge in [0.25, 0.3) is 0 Å². The van der Waals surface area contributed by atoms with Crippen molar-refractivity contribution >= 4 is 0 Å². The maximum absolute atomic E-state index is 3.75. The van der Waals surface area contributed by atoms with Gasteiger partial charge in [-0.2, -0.15) is 0 Å². The molecule has 6 nitrogen and oxygen atoms in total. The van der Waals surface area contributed by atoms with Crippen LogP contribution in [0.3, 0.4) is 0 Å². The van der Waals surface area contributed by atoms with Crippen molar-refractivity contribution in [3.63, 3.8) is 0 Å². The molecule has 0 unspecified atom stereocenters. The number of aromatic nitrogens is 6. The SMILES string of the molecule is c1nncn1CCCCCn1cnnc1. The van der Waals surface area contributed by atoms with Crippen LogP contribution in [0.4, 0.5) is 0 Å². The van der Waals surface area contributed by atoms with Crippen LogP contribution in [-0.2, 0) is 13.1 Å². The van der Waals surface area contributed by atoms with E-state index < -0.39 is 0 Å². The first-order valence-electron chi connectivity index (χ1n) is 5.10. The van der Waals surface area contributed by atoms with E-state index in [4.69, 9.17) is 0 Å². The summed E-state index contributed by atoms with van der Waals surface area (Å²) in [5, 5.41) is 15.0. The number of aryl methyl sites for hydroxylation is 2. The Hall–Kier alpha value is -1.72. The second-order valence-corrected chi connectivity index (χ2v) is 3.46. The highest BCUT2D eigenvalue weighted by Crippen LogP contribution is 2.00. The molecule has 0 radical (unpaired) electrons. The molecule has 0 aliphatic rings. The summed E-state index contributed by atoms with van der Waals surface area (Å²) in [6.45, 7) is 1.99. The van der Waals surface area contributed by atoms with Gasteiger partial charge in [-0.15, -0.1) is 20.4 Å². The molecule has 15 heavy (non-hydrogen) atoms. The first-order valence-corrected chi connectivity index (χ1v) is 5.10. The first kappa shape index (κ1) is 9.82. The standard InChI is InChI=1S/C9H14N6/c1(2-4-14-6-10-11-7-14)3-5-15-8-12-13-9-15/h6-9H,1-5H2. The number of nitrogens with zero attached hydrogens (tertiary/aromatic N) is 6. The largest absolute Gasteiger partial charge is 0.320 e. The minimum Gasteiger partial charge on any atom is -0.320 e. The Morgan fingerprint density at radius 2 is 1.00 bits per heavy atom. The molecule has 80 valence electrons.